The molecule has 0 unspecified atom stereocenters. The van der Waals surface area contributed by atoms with Gasteiger partial charge in [0.1, 0.15) is 5.75 Å². The lowest BCUT2D eigenvalue weighted by Crippen LogP contribution is -2.47. The number of alkyl halides is 3. The largest absolute Gasteiger partial charge is 0.497 e. The van der Waals surface area contributed by atoms with Gasteiger partial charge in [-0.25, -0.2) is 9.78 Å². The third kappa shape index (κ3) is 4.00. The summed E-state index contributed by atoms with van der Waals surface area (Å²) in [6, 6.07) is 3.67. The average molecular weight is 435 g/mol. The van der Waals surface area contributed by atoms with Crippen molar-refractivity contribution >= 4 is 11.6 Å². The molecule has 1 aliphatic heterocycles. The molecule has 31 heavy (non-hydrogen) atoms. The van der Waals surface area contributed by atoms with Crippen LogP contribution in [0.2, 0.25) is 0 Å². The highest BCUT2D eigenvalue weighted by Crippen LogP contribution is 2.40. The van der Waals surface area contributed by atoms with Crippen LogP contribution in [-0.4, -0.2) is 51.5 Å². The van der Waals surface area contributed by atoms with E-state index in [1.54, 1.807) is 0 Å². The van der Waals surface area contributed by atoms with Crippen LogP contribution in [-0.2, 0) is 24.6 Å². The Bertz CT molecular complexity index is 1220. The summed E-state index contributed by atoms with van der Waals surface area (Å²) in [6.45, 7) is 1.60. The predicted octanol–water partition coefficient (Wildman–Crippen LogP) is 1.66. The zero-order valence-corrected chi connectivity index (χ0v) is 16.9. The molecule has 1 amide bonds. The maximum Gasteiger partial charge on any atom is 0.417 e. The molecule has 2 aromatic heterocycles. The molecule has 11 heteroatoms. The number of piperazine rings is 1. The maximum absolute atomic E-state index is 13.8. The number of nitrogens with one attached hydrogen (secondary N) is 1. The number of aromatic nitrogens is 3. The summed E-state index contributed by atoms with van der Waals surface area (Å²) in [5, 5.41) is 2.72. The molecule has 1 N–H and O–H groups in total. The van der Waals surface area contributed by atoms with Crippen molar-refractivity contribution in [3.8, 4) is 16.9 Å². The van der Waals surface area contributed by atoms with E-state index in [0.29, 0.717) is 25.3 Å². The highest BCUT2D eigenvalue weighted by molar-refractivity contribution is 5.80. The molecule has 1 aromatic carbocycles. The highest BCUT2D eigenvalue weighted by atomic mass is 19.4. The lowest BCUT2D eigenvalue weighted by atomic mass is 10.0. The van der Waals surface area contributed by atoms with Crippen molar-refractivity contribution in [2.45, 2.75) is 12.7 Å². The number of halogens is 3. The number of ether oxygens (including phenoxy) is 1. The highest BCUT2D eigenvalue weighted by Gasteiger charge is 2.35. The molecule has 3 heterocycles. The van der Waals surface area contributed by atoms with E-state index >= 15 is 0 Å². The number of carbonyl (C=O) groups is 1. The first-order valence-electron chi connectivity index (χ1n) is 9.49. The summed E-state index contributed by atoms with van der Waals surface area (Å²) < 4.78 is 48.8. The van der Waals surface area contributed by atoms with Gasteiger partial charge < -0.3 is 14.6 Å². The summed E-state index contributed by atoms with van der Waals surface area (Å²) in [6.07, 6.45) is -1.78. The minimum absolute atomic E-state index is 0.0734. The number of methoxy groups -OCH3 is 1. The SMILES string of the molecule is COc1ccc(-c2cn(C)c(=O)n3cc(CN4CCNC(=O)C4)nc23)c(C(F)(F)F)c1. The number of benzene rings is 1. The summed E-state index contributed by atoms with van der Waals surface area (Å²) in [7, 11) is 2.76. The van der Waals surface area contributed by atoms with E-state index in [1.807, 2.05) is 4.90 Å². The molecule has 0 radical (unpaired) electrons. The van der Waals surface area contributed by atoms with Crippen molar-refractivity contribution in [1.29, 1.82) is 0 Å². The number of nitrogens with zero attached hydrogens (tertiary/aromatic N) is 4. The summed E-state index contributed by atoms with van der Waals surface area (Å²) in [5.41, 5.74) is -0.653. The fraction of sp³-hybridized carbons (Fsp3) is 0.350. The molecule has 8 nitrogen and oxygen atoms in total. The first-order chi connectivity index (χ1) is 14.7. The molecule has 0 saturated carbocycles. The fourth-order valence-corrected chi connectivity index (χ4v) is 3.68. The normalized spacial score (nSPS) is 15.3. The number of fused-ring (bicyclic) bond motifs is 1. The van der Waals surface area contributed by atoms with Crippen LogP contribution >= 0.6 is 0 Å². The smallest absolute Gasteiger partial charge is 0.417 e. The Hall–Kier alpha value is -3.34. The lowest BCUT2D eigenvalue weighted by Gasteiger charge is -2.25. The molecular weight excluding hydrogens is 415 g/mol. The quantitative estimate of drug-likeness (QED) is 0.674. The first-order valence-corrected chi connectivity index (χ1v) is 9.49. The molecule has 4 rings (SSSR count). The van der Waals surface area contributed by atoms with Crippen LogP contribution in [0.15, 0.2) is 35.4 Å². The van der Waals surface area contributed by atoms with Crippen molar-refractivity contribution in [1.82, 2.24) is 24.2 Å². The van der Waals surface area contributed by atoms with Crippen LogP contribution in [0.4, 0.5) is 13.2 Å². The van der Waals surface area contributed by atoms with Gasteiger partial charge in [0.25, 0.3) is 0 Å². The second-order valence-corrected chi connectivity index (χ2v) is 7.33. The van der Waals surface area contributed by atoms with Crippen molar-refractivity contribution in [2.24, 2.45) is 7.05 Å². The van der Waals surface area contributed by atoms with Gasteiger partial charge in [0.05, 0.1) is 24.9 Å². The zero-order chi connectivity index (χ0) is 22.3. The number of rotatable bonds is 4. The maximum atomic E-state index is 13.8. The standard InChI is InChI=1S/C20H20F3N5O3/c1-26-10-15(14-4-3-13(31-2)7-16(14)20(21,22)23)18-25-12(9-28(18)19(26)30)8-27-6-5-24-17(29)11-27/h3-4,7,9-10H,5-6,8,11H2,1-2H3,(H,24,29). The molecule has 1 saturated heterocycles. The van der Waals surface area contributed by atoms with Crippen LogP contribution in [0.5, 0.6) is 5.75 Å². The fourth-order valence-electron chi connectivity index (χ4n) is 3.68. The van der Waals surface area contributed by atoms with E-state index in [2.05, 4.69) is 10.3 Å². The van der Waals surface area contributed by atoms with Crippen LogP contribution in [0, 0.1) is 0 Å². The van der Waals surface area contributed by atoms with Crippen LogP contribution in [0.3, 0.4) is 0 Å². The average Bonchev–Trinajstić information content (AvgIpc) is 3.13. The van der Waals surface area contributed by atoms with E-state index in [9.17, 15) is 22.8 Å². The van der Waals surface area contributed by atoms with Crippen molar-refractivity contribution in [2.75, 3.05) is 26.7 Å². The first kappa shape index (κ1) is 20.9. The number of amides is 1. The van der Waals surface area contributed by atoms with Gasteiger partial charge in [-0.2, -0.15) is 13.2 Å². The Kier molecular flexibility index (Phi) is 5.21. The Morgan fingerprint density at radius 3 is 2.65 bits per heavy atom. The summed E-state index contributed by atoms with van der Waals surface area (Å²) in [4.78, 5) is 30.5. The van der Waals surface area contributed by atoms with Crippen molar-refractivity contribution in [3.05, 3.63) is 52.3 Å². The monoisotopic (exact) mass is 435 g/mol. The van der Waals surface area contributed by atoms with Gasteiger partial charge in [0, 0.05) is 44.6 Å². The van der Waals surface area contributed by atoms with Gasteiger partial charge in [0.2, 0.25) is 5.91 Å². The van der Waals surface area contributed by atoms with Crippen molar-refractivity contribution in [3.63, 3.8) is 0 Å². The molecule has 0 aliphatic carbocycles. The predicted molar refractivity (Wildman–Crippen MR) is 106 cm³/mol. The third-order valence-electron chi connectivity index (χ3n) is 5.15. The second kappa shape index (κ2) is 7.73. The minimum atomic E-state index is -4.63. The van der Waals surface area contributed by atoms with E-state index in [4.69, 9.17) is 4.74 Å². The van der Waals surface area contributed by atoms with Gasteiger partial charge in [0.15, 0.2) is 5.65 Å². The van der Waals surface area contributed by atoms with Gasteiger partial charge in [-0.1, -0.05) is 0 Å². The topological polar surface area (TPSA) is 80.9 Å². The second-order valence-electron chi connectivity index (χ2n) is 7.33. The van der Waals surface area contributed by atoms with Crippen LogP contribution in [0.1, 0.15) is 11.3 Å². The Labute approximate surface area is 174 Å². The Morgan fingerprint density at radius 1 is 1.19 bits per heavy atom. The number of imidazole rings is 1. The molecule has 1 aliphatic rings. The zero-order valence-electron chi connectivity index (χ0n) is 16.9. The molecule has 0 spiro atoms. The molecule has 0 bridgehead atoms. The molecule has 1 fully saturated rings. The minimum Gasteiger partial charge on any atom is -0.497 e. The number of hydrogen-bond donors (Lipinski definition) is 1. The van der Waals surface area contributed by atoms with E-state index < -0.39 is 17.4 Å². The Morgan fingerprint density at radius 2 is 1.97 bits per heavy atom. The van der Waals surface area contributed by atoms with Gasteiger partial charge in [-0.05, 0) is 23.8 Å². The van der Waals surface area contributed by atoms with E-state index in [0.717, 1.165) is 6.07 Å². The summed E-state index contributed by atoms with van der Waals surface area (Å²) in [5.74, 6) is -0.0380. The van der Waals surface area contributed by atoms with Crippen LogP contribution in [0.25, 0.3) is 16.8 Å². The molecular formula is C20H20F3N5O3. The van der Waals surface area contributed by atoms with Gasteiger partial charge in [-0.15, -0.1) is 0 Å². The third-order valence-corrected chi connectivity index (χ3v) is 5.15. The number of hydrogen-bond acceptors (Lipinski definition) is 5. The molecule has 164 valence electrons. The van der Waals surface area contributed by atoms with Crippen molar-refractivity contribution < 1.29 is 22.7 Å². The summed E-state index contributed by atoms with van der Waals surface area (Å²) >= 11 is 0. The number of aryl methyl sites for hydroxylation is 1. The molecule has 0 atom stereocenters. The number of carbonyl (C=O) groups excluding carboxylic acids is 1. The lowest BCUT2D eigenvalue weighted by molar-refractivity contribution is -0.137. The van der Waals surface area contributed by atoms with E-state index in [-0.39, 0.29) is 35.0 Å². The Balaban J connectivity index is 1.86. The van der Waals surface area contributed by atoms with Gasteiger partial charge >= 0.3 is 11.9 Å². The van der Waals surface area contributed by atoms with Crippen LogP contribution < -0.4 is 15.7 Å². The molecule has 3 aromatic rings. The van der Waals surface area contributed by atoms with Gasteiger partial charge in [-0.3, -0.25) is 14.1 Å². The van der Waals surface area contributed by atoms with E-state index in [1.165, 1.54) is 47.7 Å².